The Morgan fingerprint density at radius 3 is 2.33 bits per heavy atom. The minimum absolute atomic E-state index is 0.0665. The lowest BCUT2D eigenvalue weighted by atomic mass is 10.0. The van der Waals surface area contributed by atoms with Gasteiger partial charge in [0.15, 0.2) is 0 Å². The second-order valence-corrected chi connectivity index (χ2v) is 10.9. The predicted octanol–water partition coefficient (Wildman–Crippen LogP) is 2.93. The standard InChI is InChI=1S/C33H37FN4O5/c1-21(2)30-33(42)36-25(18-23-8-4-3-5-9-23)20-43-28-11-7-6-10-26(28)31(40)37-27(19-29(39)38-30)32(41)35-17-16-22-12-14-24(34)15-13-22/h3-15,21,25,27,30H,16-20H2,1-2H3,(H,35,41)(H,36,42)(H,37,40)(H,38,39)/t25-,27+,30+/m1/s1. The summed E-state index contributed by atoms with van der Waals surface area (Å²) in [5.41, 5.74) is 1.99. The summed E-state index contributed by atoms with van der Waals surface area (Å²) in [6.07, 6.45) is 0.510. The molecule has 4 rings (SSSR count). The van der Waals surface area contributed by atoms with Crippen molar-refractivity contribution >= 4 is 23.6 Å². The molecule has 4 N–H and O–H groups in total. The molecule has 3 aromatic carbocycles. The van der Waals surface area contributed by atoms with Gasteiger partial charge in [0.05, 0.1) is 18.0 Å². The van der Waals surface area contributed by atoms with Gasteiger partial charge in [-0.2, -0.15) is 0 Å². The monoisotopic (exact) mass is 588 g/mol. The number of carbonyl (C=O) groups is 4. The number of ether oxygens (including phenoxy) is 1. The fourth-order valence-electron chi connectivity index (χ4n) is 4.81. The Hall–Kier alpha value is -4.73. The first kappa shape index (κ1) is 31.2. The van der Waals surface area contributed by atoms with E-state index >= 15 is 0 Å². The van der Waals surface area contributed by atoms with E-state index in [-0.39, 0.29) is 48.5 Å². The normalized spacial score (nSPS) is 19.6. The van der Waals surface area contributed by atoms with Crippen LogP contribution in [0.1, 0.15) is 41.8 Å². The number of benzene rings is 3. The topological polar surface area (TPSA) is 126 Å². The molecule has 0 radical (unpaired) electrons. The number of rotatable bonds is 7. The lowest BCUT2D eigenvalue weighted by molar-refractivity contribution is -0.132. The van der Waals surface area contributed by atoms with E-state index in [1.54, 1.807) is 36.4 Å². The van der Waals surface area contributed by atoms with Gasteiger partial charge in [0.25, 0.3) is 5.91 Å². The summed E-state index contributed by atoms with van der Waals surface area (Å²) in [6.45, 7) is 3.90. The van der Waals surface area contributed by atoms with Crippen molar-refractivity contribution in [1.29, 1.82) is 0 Å². The first-order valence-corrected chi connectivity index (χ1v) is 14.4. The maximum Gasteiger partial charge on any atom is 0.255 e. The maximum atomic E-state index is 13.4. The van der Waals surface area contributed by atoms with Gasteiger partial charge >= 0.3 is 0 Å². The van der Waals surface area contributed by atoms with Gasteiger partial charge in [-0.3, -0.25) is 19.2 Å². The van der Waals surface area contributed by atoms with Crippen LogP contribution >= 0.6 is 0 Å². The van der Waals surface area contributed by atoms with Gasteiger partial charge < -0.3 is 26.0 Å². The fourth-order valence-corrected chi connectivity index (χ4v) is 4.81. The molecular weight excluding hydrogens is 551 g/mol. The molecule has 3 atom stereocenters. The highest BCUT2D eigenvalue weighted by atomic mass is 19.1. The van der Waals surface area contributed by atoms with Gasteiger partial charge in [-0.1, -0.05) is 68.4 Å². The van der Waals surface area contributed by atoms with Crippen molar-refractivity contribution in [3.63, 3.8) is 0 Å². The van der Waals surface area contributed by atoms with Crippen molar-refractivity contribution in [3.8, 4) is 5.75 Å². The fraction of sp³-hybridized carbons (Fsp3) is 0.333. The summed E-state index contributed by atoms with van der Waals surface area (Å²) < 4.78 is 19.3. The molecule has 9 nitrogen and oxygen atoms in total. The average Bonchev–Trinajstić information content (AvgIpc) is 2.99. The van der Waals surface area contributed by atoms with Crippen LogP contribution in [0.2, 0.25) is 0 Å². The van der Waals surface area contributed by atoms with Crippen LogP contribution in [0.5, 0.6) is 5.75 Å². The molecule has 0 spiro atoms. The van der Waals surface area contributed by atoms with Crippen LogP contribution in [0.3, 0.4) is 0 Å². The number of nitrogens with one attached hydrogen (secondary N) is 4. The van der Waals surface area contributed by atoms with Gasteiger partial charge in [0, 0.05) is 6.54 Å². The van der Waals surface area contributed by atoms with E-state index < -0.39 is 35.8 Å². The Balaban J connectivity index is 1.56. The zero-order chi connectivity index (χ0) is 30.8. The smallest absolute Gasteiger partial charge is 0.255 e. The van der Waals surface area contributed by atoms with E-state index in [4.69, 9.17) is 4.74 Å². The summed E-state index contributed by atoms with van der Waals surface area (Å²) in [4.78, 5) is 53.2. The maximum absolute atomic E-state index is 13.4. The Labute approximate surface area is 250 Å². The van der Waals surface area contributed by atoms with E-state index in [9.17, 15) is 23.6 Å². The molecule has 0 aliphatic carbocycles. The van der Waals surface area contributed by atoms with Crippen LogP contribution < -0.4 is 26.0 Å². The highest BCUT2D eigenvalue weighted by molar-refractivity contribution is 6.01. The molecule has 0 unspecified atom stereocenters. The molecule has 1 aliphatic rings. The van der Waals surface area contributed by atoms with Crippen LogP contribution in [-0.2, 0) is 27.2 Å². The highest BCUT2D eigenvalue weighted by Crippen LogP contribution is 2.20. The van der Waals surface area contributed by atoms with Crippen molar-refractivity contribution in [2.45, 2.75) is 51.2 Å². The Morgan fingerprint density at radius 1 is 0.907 bits per heavy atom. The first-order chi connectivity index (χ1) is 20.7. The largest absolute Gasteiger partial charge is 0.491 e. The second kappa shape index (κ2) is 14.9. The summed E-state index contributed by atoms with van der Waals surface area (Å²) in [6, 6.07) is 19.6. The van der Waals surface area contributed by atoms with Crippen molar-refractivity contribution in [1.82, 2.24) is 21.3 Å². The second-order valence-electron chi connectivity index (χ2n) is 10.9. The first-order valence-electron chi connectivity index (χ1n) is 14.4. The lowest BCUT2D eigenvalue weighted by Gasteiger charge is -2.27. The zero-order valence-electron chi connectivity index (χ0n) is 24.3. The van der Waals surface area contributed by atoms with Crippen LogP contribution in [0.25, 0.3) is 0 Å². The minimum Gasteiger partial charge on any atom is -0.491 e. The quantitative estimate of drug-likeness (QED) is 0.338. The summed E-state index contributed by atoms with van der Waals surface area (Å²) in [7, 11) is 0. The number of halogens is 1. The van der Waals surface area contributed by atoms with Crippen LogP contribution in [0.15, 0.2) is 78.9 Å². The minimum atomic E-state index is -1.22. The predicted molar refractivity (Wildman–Crippen MR) is 160 cm³/mol. The van der Waals surface area contributed by atoms with Crippen molar-refractivity contribution in [2.75, 3.05) is 13.2 Å². The molecule has 4 amide bonds. The molecule has 0 fully saturated rings. The van der Waals surface area contributed by atoms with Gasteiger partial charge in [-0.15, -0.1) is 0 Å². The third-order valence-electron chi connectivity index (χ3n) is 7.15. The van der Waals surface area contributed by atoms with Gasteiger partial charge in [0.2, 0.25) is 17.7 Å². The number of hydrogen-bond donors (Lipinski definition) is 4. The molecular formula is C33H37FN4O5. The van der Waals surface area contributed by atoms with E-state index in [1.807, 2.05) is 44.2 Å². The Bertz CT molecular complexity index is 1410. The molecule has 43 heavy (non-hydrogen) atoms. The number of carbonyl (C=O) groups excluding carboxylic acids is 4. The number of para-hydroxylation sites is 1. The summed E-state index contributed by atoms with van der Waals surface area (Å²) in [5.74, 6) is -2.41. The van der Waals surface area contributed by atoms with E-state index in [2.05, 4.69) is 21.3 Å². The molecule has 0 saturated heterocycles. The van der Waals surface area contributed by atoms with Crippen LogP contribution in [0.4, 0.5) is 4.39 Å². The molecule has 3 aromatic rings. The molecule has 1 heterocycles. The molecule has 0 bridgehead atoms. The molecule has 226 valence electrons. The Morgan fingerprint density at radius 2 is 1.60 bits per heavy atom. The van der Waals surface area contributed by atoms with Crippen LogP contribution in [-0.4, -0.2) is 54.9 Å². The number of amides is 4. The number of hydrogen-bond acceptors (Lipinski definition) is 5. The van der Waals surface area contributed by atoms with E-state index in [0.29, 0.717) is 12.8 Å². The average molecular weight is 589 g/mol. The van der Waals surface area contributed by atoms with Crippen molar-refractivity contribution in [3.05, 3.63) is 101 Å². The zero-order valence-corrected chi connectivity index (χ0v) is 24.3. The highest BCUT2D eigenvalue weighted by Gasteiger charge is 2.31. The van der Waals surface area contributed by atoms with E-state index in [1.165, 1.54) is 12.1 Å². The van der Waals surface area contributed by atoms with Gasteiger partial charge in [-0.05, 0) is 54.2 Å². The molecule has 1 aliphatic heterocycles. The molecule has 0 saturated carbocycles. The third-order valence-corrected chi connectivity index (χ3v) is 7.15. The molecule has 0 aromatic heterocycles. The van der Waals surface area contributed by atoms with Crippen molar-refractivity contribution in [2.24, 2.45) is 5.92 Å². The Kier molecular flexibility index (Phi) is 10.9. The summed E-state index contributed by atoms with van der Waals surface area (Å²) in [5, 5.41) is 11.2. The molecule has 10 heteroatoms. The van der Waals surface area contributed by atoms with Gasteiger partial charge in [-0.25, -0.2) is 4.39 Å². The number of fused-ring (bicyclic) bond motifs is 1. The van der Waals surface area contributed by atoms with Gasteiger partial charge in [0.1, 0.15) is 30.3 Å². The SMILES string of the molecule is CC(C)[C@@H]1NC(=O)C[C@@H](C(=O)NCCc2ccc(F)cc2)NC(=O)c2ccccc2OC[C@@H](Cc2ccccc2)NC1=O. The van der Waals surface area contributed by atoms with Crippen molar-refractivity contribution < 1.29 is 28.3 Å². The lowest BCUT2D eigenvalue weighted by Crippen LogP contribution is -2.55. The van der Waals surface area contributed by atoms with Crippen LogP contribution in [0, 0.1) is 11.7 Å². The third kappa shape index (κ3) is 9.13. The van der Waals surface area contributed by atoms with E-state index in [0.717, 1.165) is 11.1 Å². The summed E-state index contributed by atoms with van der Waals surface area (Å²) >= 11 is 0.